The minimum atomic E-state index is -0.428. The maximum atomic E-state index is 11.0. The number of aryl methyl sites for hydroxylation is 1. The van der Waals surface area contributed by atoms with E-state index in [-0.39, 0.29) is 24.1 Å². The van der Waals surface area contributed by atoms with Crippen LogP contribution in [0.5, 0.6) is 5.75 Å². The van der Waals surface area contributed by atoms with Crippen molar-refractivity contribution in [2.24, 2.45) is 5.73 Å². The molecule has 7 heteroatoms. The second kappa shape index (κ2) is 4.77. The van der Waals surface area contributed by atoms with Gasteiger partial charge in [-0.3, -0.25) is 10.1 Å². The summed E-state index contributed by atoms with van der Waals surface area (Å²) < 4.78 is 5.36. The summed E-state index contributed by atoms with van der Waals surface area (Å²) in [4.78, 5) is 10.6. The van der Waals surface area contributed by atoms with Crippen LogP contribution in [-0.4, -0.2) is 11.5 Å². The number of nitro benzene ring substituents is 1. The molecule has 1 heterocycles. The first-order valence-electron chi connectivity index (χ1n) is 4.98. The van der Waals surface area contributed by atoms with Crippen LogP contribution in [0.25, 0.3) is 0 Å². The van der Waals surface area contributed by atoms with Crippen LogP contribution in [0.15, 0.2) is 6.07 Å². The molecule has 0 spiro atoms. The lowest BCUT2D eigenvalue weighted by atomic mass is 9.95. The highest BCUT2D eigenvalue weighted by molar-refractivity contribution is 5.85. The van der Waals surface area contributed by atoms with Gasteiger partial charge in [0.1, 0.15) is 0 Å². The average molecular weight is 260 g/mol. The molecule has 1 aromatic rings. The van der Waals surface area contributed by atoms with Crippen LogP contribution in [0.4, 0.5) is 11.4 Å². The Hall–Kier alpha value is -1.53. The summed E-state index contributed by atoms with van der Waals surface area (Å²) in [7, 11) is 0. The molecule has 2 rings (SSSR count). The maximum Gasteiger partial charge on any atom is 0.280 e. The molecule has 0 aromatic heterocycles. The fraction of sp³-hybridized carbons (Fsp3) is 0.400. The number of benzene rings is 1. The molecule has 0 saturated heterocycles. The van der Waals surface area contributed by atoms with Crippen molar-refractivity contribution in [3.8, 4) is 5.75 Å². The molecule has 1 aliphatic heterocycles. The Morgan fingerprint density at radius 1 is 1.59 bits per heavy atom. The van der Waals surface area contributed by atoms with Gasteiger partial charge in [-0.25, -0.2) is 0 Å². The van der Waals surface area contributed by atoms with Crippen LogP contribution in [0, 0.1) is 17.0 Å². The van der Waals surface area contributed by atoms with Crippen LogP contribution in [0.3, 0.4) is 0 Å². The first-order chi connectivity index (χ1) is 7.52. The second-order valence-electron chi connectivity index (χ2n) is 3.87. The number of fused-ring (bicyclic) bond motifs is 1. The van der Waals surface area contributed by atoms with E-state index >= 15 is 0 Å². The molecule has 1 aliphatic rings. The van der Waals surface area contributed by atoms with Gasteiger partial charge in [-0.15, -0.1) is 12.4 Å². The predicted octanol–water partition coefficient (Wildman–Crippen LogP) is 1.69. The third kappa shape index (κ3) is 2.13. The van der Waals surface area contributed by atoms with Gasteiger partial charge in [0.2, 0.25) is 0 Å². The number of nitrogens with zero attached hydrogens (tertiary/aromatic N) is 1. The van der Waals surface area contributed by atoms with Crippen LogP contribution in [0.1, 0.15) is 23.6 Å². The molecular weight excluding hydrogens is 246 g/mol. The van der Waals surface area contributed by atoms with Gasteiger partial charge in [0.15, 0.2) is 5.75 Å². The van der Waals surface area contributed by atoms with E-state index in [2.05, 4.69) is 0 Å². The molecule has 0 fully saturated rings. The molecule has 0 unspecified atom stereocenters. The average Bonchev–Trinajstić information content (AvgIpc) is 2.19. The van der Waals surface area contributed by atoms with Crippen LogP contribution in [0.2, 0.25) is 0 Å². The van der Waals surface area contributed by atoms with Crippen molar-refractivity contribution in [2.45, 2.75) is 19.4 Å². The van der Waals surface area contributed by atoms with Gasteiger partial charge in [0, 0.05) is 18.0 Å². The Labute approximate surface area is 104 Å². The van der Waals surface area contributed by atoms with E-state index in [1.807, 2.05) is 0 Å². The zero-order valence-electron chi connectivity index (χ0n) is 9.30. The quantitative estimate of drug-likeness (QED) is 0.454. The zero-order valence-corrected chi connectivity index (χ0v) is 10.1. The molecule has 94 valence electrons. The third-order valence-corrected chi connectivity index (χ3v) is 2.74. The highest BCUT2D eigenvalue weighted by Gasteiger charge is 2.31. The summed E-state index contributed by atoms with van der Waals surface area (Å²) in [5.41, 5.74) is 13.0. The number of nitrogen functional groups attached to an aromatic ring is 1. The van der Waals surface area contributed by atoms with Crippen molar-refractivity contribution < 1.29 is 9.66 Å². The molecular formula is C10H14ClN3O3. The molecule has 17 heavy (non-hydrogen) atoms. The van der Waals surface area contributed by atoms with Crippen LogP contribution in [-0.2, 0) is 0 Å². The molecule has 0 bridgehead atoms. The number of anilines is 1. The minimum absolute atomic E-state index is 0. The van der Waals surface area contributed by atoms with Gasteiger partial charge in [-0.2, -0.15) is 0 Å². The standard InChI is InChI=1S/C10H13N3O3.ClH/c1-5-4-7(12)10-8(9(5)13(14)15)6(11)2-3-16-10;/h4,6H,2-3,11-12H2,1H3;1H/t6-;/m1./s1. The number of hydrogen-bond donors (Lipinski definition) is 2. The van der Waals surface area contributed by atoms with Gasteiger partial charge in [-0.05, 0) is 13.0 Å². The highest BCUT2D eigenvalue weighted by Crippen LogP contribution is 2.43. The summed E-state index contributed by atoms with van der Waals surface area (Å²) in [5, 5.41) is 11.0. The fourth-order valence-corrected chi connectivity index (χ4v) is 2.02. The van der Waals surface area contributed by atoms with E-state index in [0.717, 1.165) is 0 Å². The van der Waals surface area contributed by atoms with Gasteiger partial charge >= 0.3 is 0 Å². The Kier molecular flexibility index (Phi) is 3.79. The minimum Gasteiger partial charge on any atom is -0.491 e. The van der Waals surface area contributed by atoms with Gasteiger partial charge in [-0.1, -0.05) is 0 Å². The van der Waals surface area contributed by atoms with E-state index in [9.17, 15) is 10.1 Å². The fourth-order valence-electron chi connectivity index (χ4n) is 2.02. The van der Waals surface area contributed by atoms with Crippen molar-refractivity contribution in [2.75, 3.05) is 12.3 Å². The molecule has 1 atom stereocenters. The van der Waals surface area contributed by atoms with Crippen molar-refractivity contribution in [3.63, 3.8) is 0 Å². The number of nitro groups is 1. The topological polar surface area (TPSA) is 104 Å². The third-order valence-electron chi connectivity index (χ3n) is 2.74. The van der Waals surface area contributed by atoms with E-state index < -0.39 is 4.92 Å². The first kappa shape index (κ1) is 13.5. The van der Waals surface area contributed by atoms with Crippen molar-refractivity contribution >= 4 is 23.8 Å². The summed E-state index contributed by atoms with van der Waals surface area (Å²) in [6, 6.07) is 1.17. The lowest BCUT2D eigenvalue weighted by molar-refractivity contribution is -0.386. The van der Waals surface area contributed by atoms with Crippen molar-refractivity contribution in [1.82, 2.24) is 0 Å². The smallest absolute Gasteiger partial charge is 0.280 e. The van der Waals surface area contributed by atoms with E-state index in [1.54, 1.807) is 13.0 Å². The van der Waals surface area contributed by atoms with E-state index in [0.29, 0.717) is 35.6 Å². The number of ether oxygens (including phenoxy) is 1. The number of halogens is 1. The Morgan fingerprint density at radius 2 is 2.24 bits per heavy atom. The molecule has 1 aromatic carbocycles. The zero-order chi connectivity index (χ0) is 11.9. The predicted molar refractivity (Wildman–Crippen MR) is 66.5 cm³/mol. The Balaban J connectivity index is 0.00000144. The lowest BCUT2D eigenvalue weighted by Gasteiger charge is -2.24. The first-order valence-corrected chi connectivity index (χ1v) is 4.98. The molecule has 0 saturated carbocycles. The number of nitrogens with two attached hydrogens (primary N) is 2. The molecule has 0 amide bonds. The normalized spacial score (nSPS) is 17.6. The number of rotatable bonds is 1. The Morgan fingerprint density at radius 3 is 2.82 bits per heavy atom. The van der Waals surface area contributed by atoms with Crippen LogP contribution < -0.4 is 16.2 Å². The molecule has 4 N–H and O–H groups in total. The summed E-state index contributed by atoms with van der Waals surface area (Å²) >= 11 is 0. The van der Waals surface area contributed by atoms with Gasteiger partial charge in [0.25, 0.3) is 5.69 Å². The Bertz CT molecular complexity index is 465. The van der Waals surface area contributed by atoms with E-state index in [1.165, 1.54) is 0 Å². The monoisotopic (exact) mass is 259 g/mol. The summed E-state index contributed by atoms with van der Waals surface area (Å²) in [5.74, 6) is 0.371. The molecule has 0 radical (unpaired) electrons. The SMILES string of the molecule is Cc1cc(N)c2c(c1[N+](=O)[O-])[C@H](N)CCO2.Cl. The number of hydrogen-bond acceptors (Lipinski definition) is 5. The van der Waals surface area contributed by atoms with E-state index in [4.69, 9.17) is 16.2 Å². The summed E-state index contributed by atoms with van der Waals surface area (Å²) in [6.45, 7) is 2.09. The second-order valence-corrected chi connectivity index (χ2v) is 3.87. The highest BCUT2D eigenvalue weighted by atomic mass is 35.5. The van der Waals surface area contributed by atoms with Crippen LogP contribution >= 0.6 is 12.4 Å². The largest absolute Gasteiger partial charge is 0.491 e. The molecule has 0 aliphatic carbocycles. The summed E-state index contributed by atoms with van der Waals surface area (Å²) in [6.07, 6.45) is 0.566. The van der Waals surface area contributed by atoms with Gasteiger partial charge in [0.05, 0.1) is 22.8 Å². The lowest BCUT2D eigenvalue weighted by Crippen LogP contribution is -2.23. The molecule has 6 nitrogen and oxygen atoms in total. The van der Waals surface area contributed by atoms with Gasteiger partial charge < -0.3 is 16.2 Å². The van der Waals surface area contributed by atoms with Crippen molar-refractivity contribution in [3.05, 3.63) is 27.3 Å². The maximum absolute atomic E-state index is 11.0. The van der Waals surface area contributed by atoms with Crippen molar-refractivity contribution in [1.29, 1.82) is 0 Å².